The largest absolute Gasteiger partial charge is 0.465 e. The number of carbonyl (C=O) groups is 1. The fraction of sp³-hybridized carbons (Fsp3) is 0.667. The van der Waals surface area contributed by atoms with Crippen LogP contribution in [0.15, 0.2) is 12.7 Å². The van der Waals surface area contributed by atoms with Crippen molar-refractivity contribution in [2.75, 3.05) is 6.54 Å². The number of rotatable bonds is 2. The second-order valence-electron chi connectivity index (χ2n) is 3.15. The highest BCUT2D eigenvalue weighted by atomic mass is 16.4. The van der Waals surface area contributed by atoms with Crippen molar-refractivity contribution in [1.29, 1.82) is 0 Å². The SMILES string of the molecule is C=CCC1CCCCN1C(=O)O. The zero-order valence-corrected chi connectivity index (χ0v) is 7.20. The second kappa shape index (κ2) is 4.14. The molecule has 0 radical (unpaired) electrons. The second-order valence-corrected chi connectivity index (χ2v) is 3.15. The van der Waals surface area contributed by atoms with Gasteiger partial charge < -0.3 is 10.0 Å². The summed E-state index contributed by atoms with van der Waals surface area (Å²) in [6.45, 7) is 4.32. The van der Waals surface area contributed by atoms with Crippen molar-refractivity contribution >= 4 is 6.09 Å². The summed E-state index contributed by atoms with van der Waals surface area (Å²) < 4.78 is 0. The monoisotopic (exact) mass is 169 g/mol. The molecule has 0 aromatic heterocycles. The Hall–Kier alpha value is -0.990. The predicted molar refractivity (Wildman–Crippen MR) is 47.2 cm³/mol. The zero-order valence-electron chi connectivity index (χ0n) is 7.20. The van der Waals surface area contributed by atoms with Crippen molar-refractivity contribution in [1.82, 2.24) is 4.90 Å². The van der Waals surface area contributed by atoms with Crippen molar-refractivity contribution in [3.63, 3.8) is 0 Å². The number of likely N-dealkylation sites (tertiary alicyclic amines) is 1. The van der Waals surface area contributed by atoms with Gasteiger partial charge in [-0.3, -0.25) is 0 Å². The summed E-state index contributed by atoms with van der Waals surface area (Å²) in [4.78, 5) is 12.3. The maximum atomic E-state index is 10.7. The molecule has 68 valence electrons. The van der Waals surface area contributed by atoms with Crippen molar-refractivity contribution < 1.29 is 9.90 Å². The lowest BCUT2D eigenvalue weighted by Crippen LogP contribution is -2.42. The van der Waals surface area contributed by atoms with Crippen LogP contribution in [0.4, 0.5) is 4.79 Å². The smallest absolute Gasteiger partial charge is 0.407 e. The van der Waals surface area contributed by atoms with Crippen molar-refractivity contribution in [3.8, 4) is 0 Å². The van der Waals surface area contributed by atoms with Gasteiger partial charge in [-0.25, -0.2) is 4.79 Å². The first-order chi connectivity index (χ1) is 5.75. The molecule has 1 atom stereocenters. The van der Waals surface area contributed by atoms with Gasteiger partial charge in [0.15, 0.2) is 0 Å². The Kier molecular flexibility index (Phi) is 3.14. The highest BCUT2D eigenvalue weighted by Gasteiger charge is 2.24. The average Bonchev–Trinajstić information content (AvgIpc) is 2.05. The lowest BCUT2D eigenvalue weighted by molar-refractivity contribution is 0.107. The van der Waals surface area contributed by atoms with Crippen LogP contribution in [-0.4, -0.2) is 28.7 Å². The molecule has 0 saturated carbocycles. The normalized spacial score (nSPS) is 23.7. The summed E-state index contributed by atoms with van der Waals surface area (Å²) in [5.74, 6) is 0. The molecule has 1 saturated heterocycles. The Morgan fingerprint density at radius 3 is 3.00 bits per heavy atom. The molecule has 0 bridgehead atoms. The highest BCUT2D eigenvalue weighted by Crippen LogP contribution is 2.19. The van der Waals surface area contributed by atoms with Gasteiger partial charge in [-0.15, -0.1) is 6.58 Å². The number of hydrogen-bond donors (Lipinski definition) is 1. The minimum Gasteiger partial charge on any atom is -0.465 e. The van der Waals surface area contributed by atoms with Gasteiger partial charge in [0.25, 0.3) is 0 Å². The molecule has 0 aliphatic carbocycles. The Labute approximate surface area is 72.7 Å². The first-order valence-corrected chi connectivity index (χ1v) is 4.36. The van der Waals surface area contributed by atoms with Crippen molar-refractivity contribution in [2.24, 2.45) is 0 Å². The maximum absolute atomic E-state index is 10.7. The molecule has 1 fully saturated rings. The van der Waals surface area contributed by atoms with E-state index >= 15 is 0 Å². The molecule has 0 spiro atoms. The molecular weight excluding hydrogens is 154 g/mol. The third-order valence-corrected chi connectivity index (χ3v) is 2.31. The van der Waals surface area contributed by atoms with Crippen LogP contribution in [0.2, 0.25) is 0 Å². The van der Waals surface area contributed by atoms with Crippen LogP contribution in [0, 0.1) is 0 Å². The predicted octanol–water partition coefficient (Wildman–Crippen LogP) is 2.09. The molecule has 1 amide bonds. The van der Waals surface area contributed by atoms with Crippen LogP contribution < -0.4 is 0 Å². The molecular formula is C9H15NO2. The molecule has 1 heterocycles. The Morgan fingerprint density at radius 1 is 1.67 bits per heavy atom. The minimum atomic E-state index is -0.790. The summed E-state index contributed by atoms with van der Waals surface area (Å²) in [6.07, 6.45) is 4.92. The standard InChI is InChI=1S/C9H15NO2/c1-2-5-8-6-3-4-7-10(8)9(11)12/h2,8H,1,3-7H2,(H,11,12). The highest BCUT2D eigenvalue weighted by molar-refractivity contribution is 5.65. The van der Waals surface area contributed by atoms with Gasteiger partial charge in [0, 0.05) is 12.6 Å². The lowest BCUT2D eigenvalue weighted by Gasteiger charge is -2.32. The van der Waals surface area contributed by atoms with E-state index in [1.807, 2.05) is 0 Å². The van der Waals surface area contributed by atoms with Gasteiger partial charge in [0.05, 0.1) is 0 Å². The van der Waals surface area contributed by atoms with Crippen LogP contribution in [0.3, 0.4) is 0 Å². The number of nitrogens with zero attached hydrogens (tertiary/aromatic N) is 1. The summed E-state index contributed by atoms with van der Waals surface area (Å²) in [5, 5.41) is 8.83. The first kappa shape index (κ1) is 9.10. The lowest BCUT2D eigenvalue weighted by atomic mass is 10.0. The molecule has 1 aliphatic heterocycles. The first-order valence-electron chi connectivity index (χ1n) is 4.36. The fourth-order valence-corrected chi connectivity index (χ4v) is 1.69. The Bertz CT molecular complexity index is 179. The van der Waals surface area contributed by atoms with Crippen LogP contribution >= 0.6 is 0 Å². The molecule has 1 N–H and O–H groups in total. The molecule has 1 unspecified atom stereocenters. The third kappa shape index (κ3) is 2.00. The van der Waals surface area contributed by atoms with Crippen LogP contribution in [0.5, 0.6) is 0 Å². The van der Waals surface area contributed by atoms with Gasteiger partial charge in [-0.05, 0) is 25.7 Å². The minimum absolute atomic E-state index is 0.175. The maximum Gasteiger partial charge on any atom is 0.407 e. The van der Waals surface area contributed by atoms with E-state index in [9.17, 15) is 4.79 Å². The van der Waals surface area contributed by atoms with E-state index in [0.29, 0.717) is 6.54 Å². The average molecular weight is 169 g/mol. The summed E-state index contributed by atoms with van der Waals surface area (Å²) in [6, 6.07) is 0.175. The molecule has 0 aromatic carbocycles. The topological polar surface area (TPSA) is 40.5 Å². The Balaban J connectivity index is 2.53. The van der Waals surface area contributed by atoms with Crippen LogP contribution in [0.25, 0.3) is 0 Å². The fourth-order valence-electron chi connectivity index (χ4n) is 1.69. The summed E-state index contributed by atoms with van der Waals surface area (Å²) in [7, 11) is 0. The van der Waals surface area contributed by atoms with Crippen molar-refractivity contribution in [2.45, 2.75) is 31.7 Å². The van der Waals surface area contributed by atoms with Crippen molar-refractivity contribution in [3.05, 3.63) is 12.7 Å². The molecule has 3 nitrogen and oxygen atoms in total. The van der Waals surface area contributed by atoms with Crippen LogP contribution in [-0.2, 0) is 0 Å². The van der Waals surface area contributed by atoms with Gasteiger partial charge in [-0.2, -0.15) is 0 Å². The van der Waals surface area contributed by atoms with E-state index in [-0.39, 0.29) is 6.04 Å². The molecule has 1 aliphatic rings. The van der Waals surface area contributed by atoms with Gasteiger partial charge in [0.1, 0.15) is 0 Å². The number of carboxylic acid groups (broad SMARTS) is 1. The molecule has 0 aromatic rings. The van der Waals surface area contributed by atoms with Crippen LogP contribution in [0.1, 0.15) is 25.7 Å². The molecule has 3 heteroatoms. The Morgan fingerprint density at radius 2 is 2.42 bits per heavy atom. The summed E-state index contributed by atoms with van der Waals surface area (Å²) in [5.41, 5.74) is 0. The zero-order chi connectivity index (χ0) is 8.97. The van der Waals surface area contributed by atoms with E-state index < -0.39 is 6.09 Å². The van der Waals surface area contributed by atoms with E-state index in [2.05, 4.69) is 6.58 Å². The van der Waals surface area contributed by atoms with E-state index in [4.69, 9.17) is 5.11 Å². The van der Waals surface area contributed by atoms with E-state index in [0.717, 1.165) is 25.7 Å². The van der Waals surface area contributed by atoms with Gasteiger partial charge >= 0.3 is 6.09 Å². The quantitative estimate of drug-likeness (QED) is 0.643. The molecule has 1 rings (SSSR count). The van der Waals surface area contributed by atoms with Gasteiger partial charge in [0.2, 0.25) is 0 Å². The van der Waals surface area contributed by atoms with E-state index in [1.54, 1.807) is 6.08 Å². The summed E-state index contributed by atoms with van der Waals surface area (Å²) >= 11 is 0. The number of amides is 1. The van der Waals surface area contributed by atoms with E-state index in [1.165, 1.54) is 4.90 Å². The number of piperidine rings is 1. The third-order valence-electron chi connectivity index (χ3n) is 2.31. The molecule has 12 heavy (non-hydrogen) atoms. The van der Waals surface area contributed by atoms with Gasteiger partial charge in [-0.1, -0.05) is 6.08 Å². The number of hydrogen-bond acceptors (Lipinski definition) is 1.